The quantitative estimate of drug-likeness (QED) is 0.284. The van der Waals surface area contributed by atoms with E-state index in [-0.39, 0.29) is 28.6 Å². The van der Waals surface area contributed by atoms with Crippen LogP contribution in [0.15, 0.2) is 46.0 Å². The normalized spacial score (nSPS) is 10.6. The van der Waals surface area contributed by atoms with Crippen molar-refractivity contribution in [1.29, 1.82) is 0 Å². The summed E-state index contributed by atoms with van der Waals surface area (Å²) in [6.07, 6.45) is 0. The van der Waals surface area contributed by atoms with Crippen molar-refractivity contribution in [1.82, 2.24) is 10.2 Å². The average Bonchev–Trinajstić information content (AvgIpc) is 3.29. The number of aromatic nitrogens is 2. The summed E-state index contributed by atoms with van der Waals surface area (Å²) in [5.74, 6) is 1.42. The highest BCUT2D eigenvalue weighted by molar-refractivity contribution is 7.99. The molecule has 180 valence electrons. The zero-order valence-electron chi connectivity index (χ0n) is 19.5. The second-order valence-corrected chi connectivity index (χ2v) is 7.84. The van der Waals surface area contributed by atoms with Crippen LogP contribution in [0, 0.1) is 0 Å². The van der Waals surface area contributed by atoms with Crippen LogP contribution in [0.1, 0.15) is 38.1 Å². The molecule has 0 aliphatic heterocycles. The first-order valence-electron chi connectivity index (χ1n) is 10.9. The van der Waals surface area contributed by atoms with Crippen LogP contribution in [-0.4, -0.2) is 47.5 Å². The van der Waals surface area contributed by atoms with Gasteiger partial charge in [0, 0.05) is 11.1 Å². The van der Waals surface area contributed by atoms with Gasteiger partial charge in [-0.25, -0.2) is 0 Å². The Morgan fingerprint density at radius 2 is 1.62 bits per heavy atom. The number of para-hydroxylation sites is 1. The minimum atomic E-state index is -0.295. The molecule has 0 radical (unpaired) electrons. The van der Waals surface area contributed by atoms with Crippen LogP contribution in [0.2, 0.25) is 0 Å². The van der Waals surface area contributed by atoms with E-state index in [0.717, 1.165) is 11.8 Å². The lowest BCUT2D eigenvalue weighted by Crippen LogP contribution is -2.16. The lowest BCUT2D eigenvalue weighted by atomic mass is 10.1. The van der Waals surface area contributed by atoms with Crippen LogP contribution in [0.3, 0.4) is 0 Å². The van der Waals surface area contributed by atoms with E-state index in [1.807, 2.05) is 20.8 Å². The zero-order chi connectivity index (χ0) is 24.5. The number of carbonyl (C=O) groups excluding carboxylic acids is 2. The maximum absolute atomic E-state index is 12.4. The molecule has 0 saturated carbocycles. The largest absolute Gasteiger partial charge is 0.490 e. The van der Waals surface area contributed by atoms with Gasteiger partial charge in [0.05, 0.1) is 31.3 Å². The predicted octanol–water partition coefficient (Wildman–Crippen LogP) is 4.87. The summed E-state index contributed by atoms with van der Waals surface area (Å²) < 4.78 is 22.9. The zero-order valence-corrected chi connectivity index (χ0v) is 20.4. The number of carbonyl (C=O) groups is 2. The highest BCUT2D eigenvalue weighted by Crippen LogP contribution is 2.42. The molecule has 34 heavy (non-hydrogen) atoms. The average molecular weight is 486 g/mol. The molecular weight excluding hydrogens is 458 g/mol. The first-order valence-corrected chi connectivity index (χ1v) is 11.9. The SMILES string of the molecule is CCOc1cc(-c2nnc(SCC(=O)Nc3ccccc3C(C)=O)o2)cc(OCC)c1OCC. The number of hydrogen-bond acceptors (Lipinski definition) is 9. The molecule has 1 aromatic heterocycles. The Labute approximate surface area is 202 Å². The topological polar surface area (TPSA) is 113 Å². The molecule has 0 bridgehead atoms. The fourth-order valence-corrected chi connectivity index (χ4v) is 3.67. The van der Waals surface area contributed by atoms with E-state index < -0.39 is 0 Å². The number of ether oxygens (including phenoxy) is 3. The van der Waals surface area contributed by atoms with E-state index in [0.29, 0.717) is 53.9 Å². The smallest absolute Gasteiger partial charge is 0.277 e. The monoisotopic (exact) mass is 485 g/mol. The Hall–Kier alpha value is -3.53. The van der Waals surface area contributed by atoms with Crippen molar-refractivity contribution in [3.05, 3.63) is 42.0 Å². The van der Waals surface area contributed by atoms with Gasteiger partial charge in [0.2, 0.25) is 17.5 Å². The number of rotatable bonds is 12. The molecule has 0 fully saturated rings. The van der Waals surface area contributed by atoms with Gasteiger partial charge in [-0.3, -0.25) is 9.59 Å². The molecule has 0 aliphatic carbocycles. The van der Waals surface area contributed by atoms with Crippen molar-refractivity contribution in [3.63, 3.8) is 0 Å². The molecular formula is C24H27N3O6S. The molecule has 9 nitrogen and oxygen atoms in total. The summed E-state index contributed by atoms with van der Waals surface area (Å²) in [7, 11) is 0. The number of amides is 1. The molecule has 0 spiro atoms. The lowest BCUT2D eigenvalue weighted by Gasteiger charge is -2.16. The van der Waals surface area contributed by atoms with E-state index in [4.69, 9.17) is 18.6 Å². The number of nitrogens with zero attached hydrogens (tertiary/aromatic N) is 2. The fraction of sp³-hybridized carbons (Fsp3) is 0.333. The highest BCUT2D eigenvalue weighted by atomic mass is 32.2. The minimum Gasteiger partial charge on any atom is -0.490 e. The number of anilines is 1. The molecule has 1 amide bonds. The van der Waals surface area contributed by atoms with Gasteiger partial charge in [-0.15, -0.1) is 10.2 Å². The van der Waals surface area contributed by atoms with Crippen molar-refractivity contribution < 1.29 is 28.2 Å². The van der Waals surface area contributed by atoms with Crippen LogP contribution in [0.25, 0.3) is 11.5 Å². The summed E-state index contributed by atoms with van der Waals surface area (Å²) in [5.41, 5.74) is 1.52. The maximum Gasteiger partial charge on any atom is 0.277 e. The second kappa shape index (κ2) is 12.1. The minimum absolute atomic E-state index is 0.0333. The molecule has 3 rings (SSSR count). The van der Waals surface area contributed by atoms with Crippen LogP contribution < -0.4 is 19.5 Å². The van der Waals surface area contributed by atoms with Crippen molar-refractivity contribution in [3.8, 4) is 28.7 Å². The Kier molecular flexibility index (Phi) is 8.92. The summed E-state index contributed by atoms with van der Waals surface area (Å²) in [4.78, 5) is 24.1. The Bertz CT molecular complexity index is 1120. The van der Waals surface area contributed by atoms with Crippen LogP contribution in [0.5, 0.6) is 17.2 Å². The van der Waals surface area contributed by atoms with Crippen molar-refractivity contribution >= 4 is 29.1 Å². The third kappa shape index (κ3) is 6.28. The van der Waals surface area contributed by atoms with Gasteiger partial charge in [-0.05, 0) is 52.0 Å². The van der Waals surface area contributed by atoms with Gasteiger partial charge in [-0.1, -0.05) is 23.9 Å². The van der Waals surface area contributed by atoms with Gasteiger partial charge < -0.3 is 23.9 Å². The molecule has 3 aromatic rings. The lowest BCUT2D eigenvalue weighted by molar-refractivity contribution is -0.113. The van der Waals surface area contributed by atoms with E-state index in [2.05, 4.69) is 15.5 Å². The number of Topliss-reactive ketones (excluding diaryl/α,β-unsaturated/α-hetero) is 1. The van der Waals surface area contributed by atoms with Gasteiger partial charge in [-0.2, -0.15) is 0 Å². The van der Waals surface area contributed by atoms with E-state index >= 15 is 0 Å². The number of ketones is 1. The molecule has 1 N–H and O–H groups in total. The van der Waals surface area contributed by atoms with E-state index in [9.17, 15) is 9.59 Å². The summed E-state index contributed by atoms with van der Waals surface area (Å²) >= 11 is 1.09. The van der Waals surface area contributed by atoms with E-state index in [1.165, 1.54) is 6.92 Å². The number of hydrogen-bond donors (Lipinski definition) is 1. The molecule has 10 heteroatoms. The summed E-state index contributed by atoms with van der Waals surface area (Å²) in [6.45, 7) is 8.45. The molecule has 0 saturated heterocycles. The number of benzene rings is 2. The third-order valence-electron chi connectivity index (χ3n) is 4.47. The Morgan fingerprint density at radius 1 is 0.971 bits per heavy atom. The van der Waals surface area contributed by atoms with Gasteiger partial charge in [0.1, 0.15) is 0 Å². The van der Waals surface area contributed by atoms with E-state index in [1.54, 1.807) is 36.4 Å². The van der Waals surface area contributed by atoms with Gasteiger partial charge in [0.25, 0.3) is 5.22 Å². The first kappa shape index (κ1) is 25.1. The molecule has 0 unspecified atom stereocenters. The Balaban J connectivity index is 1.73. The summed E-state index contributed by atoms with van der Waals surface area (Å²) in [6, 6.07) is 10.4. The maximum atomic E-state index is 12.4. The Morgan fingerprint density at radius 3 is 2.24 bits per heavy atom. The summed E-state index contributed by atoms with van der Waals surface area (Å²) in [5, 5.41) is 11.1. The second-order valence-electron chi connectivity index (χ2n) is 6.91. The predicted molar refractivity (Wildman–Crippen MR) is 129 cm³/mol. The van der Waals surface area contributed by atoms with Crippen molar-refractivity contribution in [2.45, 2.75) is 32.9 Å². The number of nitrogens with one attached hydrogen (secondary N) is 1. The highest BCUT2D eigenvalue weighted by Gasteiger charge is 2.19. The molecule has 0 aliphatic rings. The third-order valence-corrected chi connectivity index (χ3v) is 5.29. The van der Waals surface area contributed by atoms with Gasteiger partial charge in [0.15, 0.2) is 17.3 Å². The molecule has 0 atom stereocenters. The van der Waals surface area contributed by atoms with Gasteiger partial charge >= 0.3 is 0 Å². The fourth-order valence-electron chi connectivity index (χ4n) is 3.11. The van der Waals surface area contributed by atoms with Crippen molar-refractivity contribution in [2.24, 2.45) is 0 Å². The number of thioether (sulfide) groups is 1. The molecule has 2 aromatic carbocycles. The van der Waals surface area contributed by atoms with Crippen LogP contribution in [0.4, 0.5) is 5.69 Å². The van der Waals surface area contributed by atoms with Crippen LogP contribution >= 0.6 is 11.8 Å². The van der Waals surface area contributed by atoms with Crippen molar-refractivity contribution in [2.75, 3.05) is 30.9 Å². The molecule has 1 heterocycles. The standard InChI is InChI=1S/C24H27N3O6S/c1-5-30-19-12-16(13-20(31-6-2)22(19)32-7-3)23-26-27-24(33-23)34-14-21(29)25-18-11-9-8-10-17(18)15(4)28/h8-13H,5-7,14H2,1-4H3,(H,25,29). The van der Waals surface area contributed by atoms with Crippen LogP contribution in [-0.2, 0) is 4.79 Å². The first-order chi connectivity index (χ1) is 16.5.